The SMILES string of the molecule is ON=CC1=CC=CCC1. The quantitative estimate of drug-likeness (QED) is 0.321. The van der Waals surface area contributed by atoms with Crippen LogP contribution in [-0.2, 0) is 0 Å². The molecule has 0 radical (unpaired) electrons. The molecule has 0 aliphatic heterocycles. The van der Waals surface area contributed by atoms with Gasteiger partial charge < -0.3 is 5.21 Å². The zero-order valence-corrected chi connectivity index (χ0v) is 5.12. The topological polar surface area (TPSA) is 32.6 Å². The number of hydrogen-bond acceptors (Lipinski definition) is 2. The second-order valence-electron chi connectivity index (χ2n) is 1.95. The van der Waals surface area contributed by atoms with Gasteiger partial charge in [-0.25, -0.2) is 0 Å². The standard InChI is InChI=1S/C7H9NO/c9-8-6-7-4-2-1-3-5-7/h1-2,4,6,9H,3,5H2. The van der Waals surface area contributed by atoms with Crippen LogP contribution >= 0.6 is 0 Å². The average molecular weight is 123 g/mol. The maximum absolute atomic E-state index is 8.12. The maximum atomic E-state index is 8.12. The van der Waals surface area contributed by atoms with Crippen LogP contribution in [0.25, 0.3) is 0 Å². The summed E-state index contributed by atoms with van der Waals surface area (Å²) in [7, 11) is 0. The van der Waals surface area contributed by atoms with Crippen LogP contribution in [-0.4, -0.2) is 11.4 Å². The molecule has 0 aromatic rings. The van der Waals surface area contributed by atoms with Gasteiger partial charge in [-0.1, -0.05) is 23.4 Å². The van der Waals surface area contributed by atoms with E-state index < -0.39 is 0 Å². The molecule has 0 saturated heterocycles. The van der Waals surface area contributed by atoms with E-state index in [-0.39, 0.29) is 0 Å². The molecular formula is C7H9NO. The molecule has 1 aliphatic carbocycles. The molecule has 0 aromatic heterocycles. The first-order chi connectivity index (χ1) is 4.43. The van der Waals surface area contributed by atoms with Gasteiger partial charge in [-0.15, -0.1) is 0 Å². The maximum Gasteiger partial charge on any atom is 0.0693 e. The lowest BCUT2D eigenvalue weighted by Crippen LogP contribution is -1.87. The predicted octanol–water partition coefficient (Wildman–Crippen LogP) is 1.72. The highest BCUT2D eigenvalue weighted by Gasteiger charge is 1.93. The van der Waals surface area contributed by atoms with Crippen LogP contribution in [0.1, 0.15) is 12.8 Å². The smallest absolute Gasteiger partial charge is 0.0693 e. The summed E-state index contributed by atoms with van der Waals surface area (Å²) in [6.45, 7) is 0. The van der Waals surface area contributed by atoms with Crippen LogP contribution in [0.15, 0.2) is 29.0 Å². The zero-order chi connectivity index (χ0) is 6.53. The van der Waals surface area contributed by atoms with E-state index in [1.807, 2.05) is 12.2 Å². The van der Waals surface area contributed by atoms with E-state index in [1.54, 1.807) is 0 Å². The van der Waals surface area contributed by atoms with Crippen molar-refractivity contribution in [2.24, 2.45) is 5.16 Å². The molecular weight excluding hydrogens is 114 g/mol. The number of nitrogens with zero attached hydrogens (tertiary/aromatic N) is 1. The summed E-state index contributed by atoms with van der Waals surface area (Å²) in [4.78, 5) is 0. The van der Waals surface area contributed by atoms with Crippen molar-refractivity contribution in [3.63, 3.8) is 0 Å². The minimum Gasteiger partial charge on any atom is -0.411 e. The Morgan fingerprint density at radius 3 is 3.11 bits per heavy atom. The molecule has 1 rings (SSSR count). The second-order valence-corrected chi connectivity index (χ2v) is 1.95. The summed E-state index contributed by atoms with van der Waals surface area (Å²) in [5.74, 6) is 0. The molecule has 0 unspecified atom stereocenters. The van der Waals surface area contributed by atoms with Gasteiger partial charge in [0.1, 0.15) is 0 Å². The van der Waals surface area contributed by atoms with E-state index >= 15 is 0 Å². The van der Waals surface area contributed by atoms with E-state index in [0.717, 1.165) is 18.4 Å². The van der Waals surface area contributed by atoms with Gasteiger partial charge in [0.2, 0.25) is 0 Å². The van der Waals surface area contributed by atoms with E-state index in [1.165, 1.54) is 6.21 Å². The number of oxime groups is 1. The van der Waals surface area contributed by atoms with Gasteiger partial charge in [-0.05, 0) is 18.4 Å². The highest BCUT2D eigenvalue weighted by Crippen LogP contribution is 2.08. The number of allylic oxidation sites excluding steroid dienone is 4. The van der Waals surface area contributed by atoms with Gasteiger partial charge in [0.25, 0.3) is 0 Å². The van der Waals surface area contributed by atoms with E-state index in [4.69, 9.17) is 5.21 Å². The van der Waals surface area contributed by atoms with Gasteiger partial charge in [0.05, 0.1) is 6.21 Å². The highest BCUT2D eigenvalue weighted by molar-refractivity contribution is 5.78. The lowest BCUT2D eigenvalue weighted by molar-refractivity contribution is 0.321. The number of hydrogen-bond donors (Lipinski definition) is 1. The third-order valence-corrected chi connectivity index (χ3v) is 1.27. The van der Waals surface area contributed by atoms with Crippen molar-refractivity contribution in [1.29, 1.82) is 0 Å². The first-order valence-corrected chi connectivity index (χ1v) is 2.96. The van der Waals surface area contributed by atoms with Crippen LogP contribution in [0, 0.1) is 0 Å². The van der Waals surface area contributed by atoms with Crippen molar-refractivity contribution in [3.05, 3.63) is 23.8 Å². The lowest BCUT2D eigenvalue weighted by atomic mass is 10.1. The first kappa shape index (κ1) is 6.08. The Bertz CT molecular complexity index is 168. The summed E-state index contributed by atoms with van der Waals surface area (Å²) in [6, 6.07) is 0. The average Bonchev–Trinajstić information content (AvgIpc) is 1.91. The van der Waals surface area contributed by atoms with Crippen molar-refractivity contribution in [3.8, 4) is 0 Å². The van der Waals surface area contributed by atoms with Crippen molar-refractivity contribution in [2.75, 3.05) is 0 Å². The molecule has 2 heteroatoms. The third-order valence-electron chi connectivity index (χ3n) is 1.27. The van der Waals surface area contributed by atoms with Crippen LogP contribution in [0.4, 0.5) is 0 Å². The molecule has 48 valence electrons. The van der Waals surface area contributed by atoms with E-state index in [9.17, 15) is 0 Å². The minimum atomic E-state index is 0.987. The molecule has 0 atom stereocenters. The molecule has 0 fully saturated rings. The van der Waals surface area contributed by atoms with Crippen molar-refractivity contribution < 1.29 is 5.21 Å². The molecule has 0 bridgehead atoms. The van der Waals surface area contributed by atoms with E-state index in [2.05, 4.69) is 11.2 Å². The fourth-order valence-corrected chi connectivity index (χ4v) is 0.803. The monoisotopic (exact) mass is 123 g/mol. The van der Waals surface area contributed by atoms with Gasteiger partial charge in [-0.2, -0.15) is 0 Å². The summed E-state index contributed by atoms with van der Waals surface area (Å²) in [5.41, 5.74) is 1.08. The Kier molecular flexibility index (Phi) is 2.07. The van der Waals surface area contributed by atoms with Crippen molar-refractivity contribution in [1.82, 2.24) is 0 Å². The Hall–Kier alpha value is -1.05. The normalized spacial score (nSPS) is 18.4. The van der Waals surface area contributed by atoms with Crippen molar-refractivity contribution >= 4 is 6.21 Å². The summed E-state index contributed by atoms with van der Waals surface area (Å²) in [6.07, 6.45) is 9.53. The Labute approximate surface area is 54.2 Å². The van der Waals surface area contributed by atoms with Crippen LogP contribution < -0.4 is 0 Å². The molecule has 9 heavy (non-hydrogen) atoms. The second kappa shape index (κ2) is 3.07. The van der Waals surface area contributed by atoms with Gasteiger partial charge in [0.15, 0.2) is 0 Å². The molecule has 1 aliphatic rings. The Balaban J connectivity index is 2.57. The van der Waals surface area contributed by atoms with E-state index in [0.29, 0.717) is 0 Å². The Morgan fingerprint density at radius 1 is 1.67 bits per heavy atom. The van der Waals surface area contributed by atoms with Crippen LogP contribution in [0.3, 0.4) is 0 Å². The fraction of sp³-hybridized carbons (Fsp3) is 0.286. The lowest BCUT2D eigenvalue weighted by Gasteiger charge is -1.99. The van der Waals surface area contributed by atoms with Gasteiger partial charge in [-0.3, -0.25) is 0 Å². The highest BCUT2D eigenvalue weighted by atomic mass is 16.4. The molecule has 0 saturated carbocycles. The molecule has 0 heterocycles. The van der Waals surface area contributed by atoms with Crippen LogP contribution in [0.5, 0.6) is 0 Å². The molecule has 0 aromatic carbocycles. The first-order valence-electron chi connectivity index (χ1n) is 2.96. The number of rotatable bonds is 1. The summed E-state index contributed by atoms with van der Waals surface area (Å²) >= 11 is 0. The van der Waals surface area contributed by atoms with Crippen molar-refractivity contribution in [2.45, 2.75) is 12.8 Å². The largest absolute Gasteiger partial charge is 0.411 e. The van der Waals surface area contributed by atoms with Crippen LogP contribution in [0.2, 0.25) is 0 Å². The predicted molar refractivity (Wildman–Crippen MR) is 36.7 cm³/mol. The summed E-state index contributed by atoms with van der Waals surface area (Å²) < 4.78 is 0. The Morgan fingerprint density at radius 2 is 2.56 bits per heavy atom. The molecule has 0 spiro atoms. The molecule has 0 amide bonds. The summed E-state index contributed by atoms with van der Waals surface area (Å²) in [5, 5.41) is 11.1. The zero-order valence-electron chi connectivity index (χ0n) is 5.12. The van der Waals surface area contributed by atoms with Gasteiger partial charge in [0, 0.05) is 0 Å². The molecule has 1 N–H and O–H groups in total. The fourth-order valence-electron chi connectivity index (χ4n) is 0.803. The minimum absolute atomic E-state index is 0.987. The molecule has 2 nitrogen and oxygen atoms in total. The van der Waals surface area contributed by atoms with Gasteiger partial charge >= 0.3 is 0 Å². The third kappa shape index (κ3) is 1.72.